The molecule has 1 heterocycles. The molecule has 7 heteroatoms. The lowest BCUT2D eigenvalue weighted by Crippen LogP contribution is -2.36. The Hall–Kier alpha value is -1.50. The van der Waals surface area contributed by atoms with Crippen molar-refractivity contribution in [3.63, 3.8) is 0 Å². The molecule has 128 valence electrons. The maximum absolute atomic E-state index is 12.1. The molecule has 0 saturated heterocycles. The third-order valence-corrected chi connectivity index (χ3v) is 5.16. The van der Waals surface area contributed by atoms with Gasteiger partial charge in [-0.25, -0.2) is 4.98 Å². The number of H-pyrrole nitrogens is 1. The van der Waals surface area contributed by atoms with Crippen LogP contribution < -0.4 is 11.3 Å². The van der Waals surface area contributed by atoms with Crippen molar-refractivity contribution in [2.24, 2.45) is 17.8 Å². The van der Waals surface area contributed by atoms with E-state index in [-0.39, 0.29) is 29.2 Å². The number of esters is 1. The number of aromatic amines is 1. The Bertz CT molecular complexity index is 602. The van der Waals surface area contributed by atoms with Crippen LogP contribution in [0.25, 0.3) is 0 Å². The number of ether oxygens (including phenoxy) is 1. The zero-order chi connectivity index (χ0) is 17.0. The number of hydrogen-bond donors (Lipinski definition) is 2. The van der Waals surface area contributed by atoms with Crippen LogP contribution in [-0.4, -0.2) is 27.8 Å². The van der Waals surface area contributed by atoms with E-state index in [1.165, 1.54) is 12.5 Å². The van der Waals surface area contributed by atoms with Crippen LogP contribution in [0.2, 0.25) is 0 Å². The molecule has 1 aromatic heterocycles. The van der Waals surface area contributed by atoms with Crippen LogP contribution >= 0.6 is 11.8 Å². The van der Waals surface area contributed by atoms with Crippen molar-refractivity contribution in [2.45, 2.75) is 51.3 Å². The van der Waals surface area contributed by atoms with E-state index in [9.17, 15) is 9.59 Å². The number of thioether (sulfide) groups is 1. The fourth-order valence-corrected chi connectivity index (χ4v) is 3.77. The van der Waals surface area contributed by atoms with E-state index in [1.54, 1.807) is 0 Å². The maximum atomic E-state index is 12.1. The lowest BCUT2D eigenvalue weighted by atomic mass is 9.75. The number of carbonyl (C=O) groups is 1. The van der Waals surface area contributed by atoms with Crippen LogP contribution in [0, 0.1) is 17.8 Å². The third kappa shape index (κ3) is 5.27. The van der Waals surface area contributed by atoms with Gasteiger partial charge in [-0.1, -0.05) is 39.0 Å². The minimum absolute atomic E-state index is 0.0142. The fourth-order valence-electron chi connectivity index (χ4n) is 3.10. The summed E-state index contributed by atoms with van der Waals surface area (Å²) in [5.41, 5.74) is 5.20. The van der Waals surface area contributed by atoms with E-state index in [4.69, 9.17) is 10.5 Å². The lowest BCUT2D eigenvalue weighted by Gasteiger charge is -2.36. The van der Waals surface area contributed by atoms with Gasteiger partial charge in [0.1, 0.15) is 11.9 Å². The molecule has 2 rings (SSSR count). The summed E-state index contributed by atoms with van der Waals surface area (Å²) in [5, 5.41) is 0.337. The highest BCUT2D eigenvalue weighted by Crippen LogP contribution is 2.35. The van der Waals surface area contributed by atoms with Gasteiger partial charge < -0.3 is 15.5 Å². The van der Waals surface area contributed by atoms with Gasteiger partial charge in [0.05, 0.1) is 5.75 Å². The van der Waals surface area contributed by atoms with Gasteiger partial charge in [0.2, 0.25) is 0 Å². The summed E-state index contributed by atoms with van der Waals surface area (Å²) >= 11 is 1.13. The van der Waals surface area contributed by atoms with Crippen LogP contribution in [0.1, 0.15) is 40.0 Å². The molecular formula is C16H25N3O3S. The minimum Gasteiger partial charge on any atom is -0.461 e. The Labute approximate surface area is 140 Å². The highest BCUT2D eigenvalue weighted by atomic mass is 32.2. The first kappa shape index (κ1) is 17.8. The molecule has 6 nitrogen and oxygen atoms in total. The largest absolute Gasteiger partial charge is 0.461 e. The fraction of sp³-hybridized carbons (Fsp3) is 0.688. The molecule has 23 heavy (non-hydrogen) atoms. The minimum atomic E-state index is -0.325. The quantitative estimate of drug-likeness (QED) is 0.486. The average Bonchev–Trinajstić information content (AvgIpc) is 2.44. The second-order valence-corrected chi connectivity index (χ2v) is 7.58. The Balaban J connectivity index is 1.91. The van der Waals surface area contributed by atoms with Gasteiger partial charge in [0.25, 0.3) is 5.56 Å². The summed E-state index contributed by atoms with van der Waals surface area (Å²) in [6.07, 6.45) is 3.21. The van der Waals surface area contributed by atoms with Crippen LogP contribution in [0.4, 0.5) is 5.82 Å². The lowest BCUT2D eigenvalue weighted by molar-refractivity contribution is -0.152. The highest BCUT2D eigenvalue weighted by Gasteiger charge is 2.33. The van der Waals surface area contributed by atoms with Crippen LogP contribution in [0.3, 0.4) is 0 Å². The first-order chi connectivity index (χ1) is 10.8. The zero-order valence-corrected chi connectivity index (χ0v) is 14.7. The zero-order valence-electron chi connectivity index (χ0n) is 13.9. The van der Waals surface area contributed by atoms with E-state index in [2.05, 4.69) is 30.7 Å². The van der Waals surface area contributed by atoms with Crippen molar-refractivity contribution in [3.8, 4) is 0 Å². The second kappa shape index (κ2) is 7.86. The van der Waals surface area contributed by atoms with Crippen molar-refractivity contribution in [3.05, 3.63) is 16.4 Å². The van der Waals surface area contributed by atoms with Gasteiger partial charge in [-0.05, 0) is 30.6 Å². The molecule has 1 aromatic rings. The van der Waals surface area contributed by atoms with E-state index in [1.807, 2.05) is 0 Å². The maximum Gasteiger partial charge on any atom is 0.316 e. The van der Waals surface area contributed by atoms with Crippen LogP contribution in [0.15, 0.2) is 16.0 Å². The summed E-state index contributed by atoms with van der Waals surface area (Å²) in [6, 6.07) is 1.21. The number of nitrogen functional groups attached to an aromatic ring is 1. The number of aromatic nitrogens is 2. The third-order valence-electron chi connectivity index (χ3n) is 4.31. The van der Waals surface area contributed by atoms with Crippen molar-refractivity contribution in [1.29, 1.82) is 0 Å². The molecule has 1 saturated carbocycles. The molecule has 3 N–H and O–H groups in total. The Morgan fingerprint density at radius 3 is 2.91 bits per heavy atom. The van der Waals surface area contributed by atoms with Crippen LogP contribution in [0.5, 0.6) is 0 Å². The number of carbonyl (C=O) groups excluding carboxylic acids is 1. The number of nitrogens with two attached hydrogens (primary N) is 1. The van der Waals surface area contributed by atoms with Gasteiger partial charge in [0.15, 0.2) is 5.16 Å². The van der Waals surface area contributed by atoms with E-state index in [0.717, 1.165) is 24.6 Å². The molecule has 0 amide bonds. The van der Waals surface area contributed by atoms with Crippen molar-refractivity contribution >= 4 is 23.5 Å². The second-order valence-electron chi connectivity index (χ2n) is 6.62. The first-order valence-electron chi connectivity index (χ1n) is 8.04. The number of rotatable bonds is 5. The summed E-state index contributed by atoms with van der Waals surface area (Å²) in [4.78, 5) is 30.0. The Morgan fingerprint density at radius 1 is 1.52 bits per heavy atom. The van der Waals surface area contributed by atoms with Gasteiger partial charge in [-0.2, -0.15) is 0 Å². The van der Waals surface area contributed by atoms with Crippen molar-refractivity contribution in [1.82, 2.24) is 9.97 Å². The number of nitrogens with zero attached hydrogens (tertiary/aromatic N) is 1. The summed E-state index contributed by atoms with van der Waals surface area (Å²) < 4.78 is 5.71. The van der Waals surface area contributed by atoms with Gasteiger partial charge in [-0.15, -0.1) is 0 Å². The topological polar surface area (TPSA) is 98.1 Å². The standard InChI is InChI=1S/C16H25N3O3S/c1-9(2)11-5-4-10(3)6-12(11)22-15(21)8-23-16-18-13(17)7-14(20)19-16/h7,9-12H,4-6,8H2,1-3H3,(H3,17,18,19,20)/t10-,11+,12+/m0/s1. The molecule has 0 aromatic carbocycles. The molecule has 1 aliphatic carbocycles. The Morgan fingerprint density at radius 2 is 2.26 bits per heavy atom. The highest BCUT2D eigenvalue weighted by molar-refractivity contribution is 7.99. The van der Waals surface area contributed by atoms with Gasteiger partial charge in [0, 0.05) is 6.07 Å². The normalized spacial score (nSPS) is 24.6. The summed E-state index contributed by atoms with van der Waals surface area (Å²) in [5.74, 6) is 1.49. The smallest absolute Gasteiger partial charge is 0.316 e. The predicted molar refractivity (Wildman–Crippen MR) is 91.2 cm³/mol. The average molecular weight is 339 g/mol. The number of hydrogen-bond acceptors (Lipinski definition) is 6. The first-order valence-corrected chi connectivity index (χ1v) is 9.02. The van der Waals surface area contributed by atoms with Crippen LogP contribution in [-0.2, 0) is 9.53 Å². The monoisotopic (exact) mass is 339 g/mol. The summed E-state index contributed by atoms with van der Waals surface area (Å²) in [7, 11) is 0. The van der Waals surface area contributed by atoms with Gasteiger partial charge >= 0.3 is 5.97 Å². The molecule has 1 aliphatic rings. The van der Waals surface area contributed by atoms with Crippen molar-refractivity contribution in [2.75, 3.05) is 11.5 Å². The Kier molecular flexibility index (Phi) is 6.10. The van der Waals surface area contributed by atoms with E-state index < -0.39 is 0 Å². The van der Waals surface area contributed by atoms with Gasteiger partial charge in [-0.3, -0.25) is 9.59 Å². The predicted octanol–water partition coefficient (Wildman–Crippen LogP) is 2.45. The van der Waals surface area contributed by atoms with Crippen molar-refractivity contribution < 1.29 is 9.53 Å². The molecule has 3 atom stereocenters. The molecule has 0 spiro atoms. The molecule has 0 bridgehead atoms. The number of nitrogens with one attached hydrogen (secondary N) is 1. The van der Waals surface area contributed by atoms with E-state index in [0.29, 0.717) is 22.9 Å². The molecule has 0 unspecified atom stereocenters. The molecule has 1 fully saturated rings. The van der Waals surface area contributed by atoms with E-state index >= 15 is 0 Å². The number of anilines is 1. The molecular weight excluding hydrogens is 314 g/mol. The molecule has 0 aliphatic heterocycles. The molecule has 0 radical (unpaired) electrons. The SMILES string of the molecule is CC(C)[C@H]1CC[C@H](C)C[C@H]1OC(=O)CSc1nc(N)cc(=O)[nH]1. The summed E-state index contributed by atoms with van der Waals surface area (Å²) in [6.45, 7) is 6.56.